The van der Waals surface area contributed by atoms with Gasteiger partial charge in [0.15, 0.2) is 0 Å². The zero-order chi connectivity index (χ0) is 13.0. The maximum Gasteiger partial charge on any atom is 0.130 e. The van der Waals surface area contributed by atoms with E-state index in [1.807, 2.05) is 18.5 Å². The van der Waals surface area contributed by atoms with Gasteiger partial charge in [-0.3, -0.25) is 0 Å². The highest BCUT2D eigenvalue weighted by molar-refractivity contribution is 5.68. The van der Waals surface area contributed by atoms with Gasteiger partial charge >= 0.3 is 0 Å². The molecule has 0 unspecified atom stereocenters. The lowest BCUT2D eigenvalue weighted by molar-refractivity contribution is 0.773. The molecule has 2 nitrogen and oxygen atoms in total. The molecule has 0 atom stereocenters. The first kappa shape index (κ1) is 12.5. The molecule has 1 aromatic heterocycles. The third-order valence-corrected chi connectivity index (χ3v) is 2.75. The van der Waals surface area contributed by atoms with Crippen molar-refractivity contribution in [2.24, 2.45) is 0 Å². The Morgan fingerprint density at radius 1 is 0.889 bits per heavy atom. The van der Waals surface area contributed by atoms with Crippen LogP contribution < -0.4 is 0 Å². The summed E-state index contributed by atoms with van der Waals surface area (Å²) >= 11 is 0. The van der Waals surface area contributed by atoms with E-state index < -0.39 is 0 Å². The molecule has 0 fully saturated rings. The molecule has 0 aliphatic rings. The molecule has 0 spiro atoms. The fourth-order valence-corrected chi connectivity index (χ4v) is 1.60. The van der Waals surface area contributed by atoms with Gasteiger partial charge in [0, 0.05) is 23.9 Å². The number of benzene rings is 1. The first-order valence-corrected chi connectivity index (χ1v) is 6.22. The van der Waals surface area contributed by atoms with E-state index in [-0.39, 0.29) is 0 Å². The van der Waals surface area contributed by atoms with E-state index in [4.69, 9.17) is 0 Å². The standard InChI is InChI=1S/C16H18N2/c1-12(2)16-17-10-15(11-18-16)9-8-14-6-4-13(3)5-7-14/h4-12H,1-3H3/b9-8+. The van der Waals surface area contributed by atoms with Crippen LogP contribution in [0.2, 0.25) is 0 Å². The lowest BCUT2D eigenvalue weighted by Crippen LogP contribution is -1.96. The van der Waals surface area contributed by atoms with Crippen LogP contribution in [-0.2, 0) is 0 Å². The van der Waals surface area contributed by atoms with E-state index in [1.54, 1.807) is 0 Å². The largest absolute Gasteiger partial charge is 0.240 e. The normalized spacial score (nSPS) is 11.3. The van der Waals surface area contributed by atoms with Gasteiger partial charge in [-0.05, 0) is 12.5 Å². The van der Waals surface area contributed by atoms with Crippen molar-refractivity contribution in [1.82, 2.24) is 9.97 Å². The summed E-state index contributed by atoms with van der Waals surface area (Å²) in [5, 5.41) is 0. The van der Waals surface area contributed by atoms with Crippen molar-refractivity contribution in [2.75, 3.05) is 0 Å². The SMILES string of the molecule is Cc1ccc(/C=C/c2cnc(C(C)C)nc2)cc1. The number of hydrogen-bond acceptors (Lipinski definition) is 2. The number of hydrogen-bond donors (Lipinski definition) is 0. The molecule has 0 aliphatic carbocycles. The van der Waals surface area contributed by atoms with Gasteiger partial charge in [0.1, 0.15) is 5.82 Å². The summed E-state index contributed by atoms with van der Waals surface area (Å²) in [5.74, 6) is 1.27. The Kier molecular flexibility index (Phi) is 3.88. The van der Waals surface area contributed by atoms with Gasteiger partial charge in [-0.15, -0.1) is 0 Å². The van der Waals surface area contributed by atoms with E-state index in [0.29, 0.717) is 5.92 Å². The topological polar surface area (TPSA) is 25.8 Å². The van der Waals surface area contributed by atoms with Crippen LogP contribution in [-0.4, -0.2) is 9.97 Å². The van der Waals surface area contributed by atoms with Crippen molar-refractivity contribution in [3.63, 3.8) is 0 Å². The minimum absolute atomic E-state index is 0.375. The number of nitrogens with zero attached hydrogens (tertiary/aromatic N) is 2. The summed E-state index contributed by atoms with van der Waals surface area (Å²) in [6.45, 7) is 6.28. The third-order valence-electron chi connectivity index (χ3n) is 2.75. The van der Waals surface area contributed by atoms with E-state index in [2.05, 4.69) is 61.1 Å². The Morgan fingerprint density at radius 3 is 2.00 bits per heavy atom. The number of aromatic nitrogens is 2. The van der Waals surface area contributed by atoms with Gasteiger partial charge in [-0.25, -0.2) is 9.97 Å². The average molecular weight is 238 g/mol. The number of rotatable bonds is 3. The van der Waals surface area contributed by atoms with Crippen LogP contribution >= 0.6 is 0 Å². The van der Waals surface area contributed by atoms with Crippen molar-refractivity contribution < 1.29 is 0 Å². The fourth-order valence-electron chi connectivity index (χ4n) is 1.60. The van der Waals surface area contributed by atoms with Crippen LogP contribution in [0.15, 0.2) is 36.7 Å². The molecule has 0 saturated carbocycles. The van der Waals surface area contributed by atoms with Gasteiger partial charge in [0.25, 0.3) is 0 Å². The third kappa shape index (κ3) is 3.27. The van der Waals surface area contributed by atoms with Crippen molar-refractivity contribution in [2.45, 2.75) is 26.7 Å². The first-order valence-electron chi connectivity index (χ1n) is 6.22. The van der Waals surface area contributed by atoms with Crippen LogP contribution in [0.25, 0.3) is 12.2 Å². The summed E-state index contributed by atoms with van der Waals surface area (Å²) in [5.41, 5.74) is 3.49. The van der Waals surface area contributed by atoms with Crippen LogP contribution in [0.3, 0.4) is 0 Å². The summed E-state index contributed by atoms with van der Waals surface area (Å²) < 4.78 is 0. The van der Waals surface area contributed by atoms with E-state index in [1.165, 1.54) is 11.1 Å². The minimum atomic E-state index is 0.375. The average Bonchev–Trinajstić information content (AvgIpc) is 2.38. The highest BCUT2D eigenvalue weighted by Crippen LogP contribution is 2.11. The molecular formula is C16H18N2. The van der Waals surface area contributed by atoms with Gasteiger partial charge in [-0.2, -0.15) is 0 Å². The van der Waals surface area contributed by atoms with Crippen molar-refractivity contribution in [1.29, 1.82) is 0 Å². The monoisotopic (exact) mass is 238 g/mol. The van der Waals surface area contributed by atoms with Gasteiger partial charge in [0.05, 0.1) is 0 Å². The van der Waals surface area contributed by atoms with Gasteiger partial charge < -0.3 is 0 Å². The maximum absolute atomic E-state index is 4.34. The molecule has 1 aromatic carbocycles. The van der Waals surface area contributed by atoms with Crippen molar-refractivity contribution >= 4 is 12.2 Å². The summed E-state index contributed by atoms with van der Waals surface area (Å²) in [6.07, 6.45) is 7.85. The molecule has 0 aliphatic heterocycles. The second kappa shape index (κ2) is 5.58. The smallest absolute Gasteiger partial charge is 0.130 e. The molecule has 0 saturated heterocycles. The predicted octanol–water partition coefficient (Wildman–Crippen LogP) is 4.08. The highest BCUT2D eigenvalue weighted by Gasteiger charge is 2.00. The molecule has 2 heteroatoms. The molecule has 1 heterocycles. The van der Waals surface area contributed by atoms with Crippen LogP contribution in [0.1, 0.15) is 42.3 Å². The Morgan fingerprint density at radius 2 is 1.44 bits per heavy atom. The molecule has 0 radical (unpaired) electrons. The zero-order valence-corrected chi connectivity index (χ0v) is 11.1. The maximum atomic E-state index is 4.34. The van der Waals surface area contributed by atoms with Crippen molar-refractivity contribution in [3.8, 4) is 0 Å². The lowest BCUT2D eigenvalue weighted by atomic mass is 10.1. The molecule has 92 valence electrons. The molecule has 0 N–H and O–H groups in total. The van der Waals surface area contributed by atoms with Crippen molar-refractivity contribution in [3.05, 3.63) is 59.2 Å². The quantitative estimate of drug-likeness (QED) is 0.805. The zero-order valence-electron chi connectivity index (χ0n) is 11.1. The Bertz CT molecular complexity index is 522. The van der Waals surface area contributed by atoms with E-state index in [0.717, 1.165) is 11.4 Å². The second-order valence-corrected chi connectivity index (χ2v) is 4.77. The Labute approximate surface area is 108 Å². The molecule has 0 bridgehead atoms. The minimum Gasteiger partial charge on any atom is -0.240 e. The summed E-state index contributed by atoms with van der Waals surface area (Å²) in [6, 6.07) is 8.43. The Balaban J connectivity index is 2.11. The molecular weight excluding hydrogens is 220 g/mol. The predicted molar refractivity (Wildman–Crippen MR) is 76.2 cm³/mol. The molecule has 0 amide bonds. The molecule has 2 aromatic rings. The first-order chi connectivity index (χ1) is 8.65. The highest BCUT2D eigenvalue weighted by atomic mass is 14.9. The fraction of sp³-hybridized carbons (Fsp3) is 0.250. The molecule has 18 heavy (non-hydrogen) atoms. The number of aryl methyl sites for hydroxylation is 1. The Hall–Kier alpha value is -1.96. The summed E-state index contributed by atoms with van der Waals surface area (Å²) in [4.78, 5) is 8.68. The lowest BCUT2D eigenvalue weighted by Gasteiger charge is -2.02. The van der Waals surface area contributed by atoms with Gasteiger partial charge in [0.2, 0.25) is 0 Å². The van der Waals surface area contributed by atoms with Crippen LogP contribution in [0.5, 0.6) is 0 Å². The van der Waals surface area contributed by atoms with E-state index in [9.17, 15) is 0 Å². The second-order valence-electron chi connectivity index (χ2n) is 4.77. The van der Waals surface area contributed by atoms with Crippen LogP contribution in [0.4, 0.5) is 0 Å². The molecule has 2 rings (SSSR count). The van der Waals surface area contributed by atoms with Crippen LogP contribution in [0, 0.1) is 6.92 Å². The summed E-state index contributed by atoms with van der Waals surface area (Å²) in [7, 11) is 0. The van der Waals surface area contributed by atoms with E-state index >= 15 is 0 Å². The van der Waals surface area contributed by atoms with Gasteiger partial charge in [-0.1, -0.05) is 55.8 Å².